The SMILES string of the molecule is c1ccc(-c2cc(-c3ccccc3)nc(-n3c4ccccc4c4ccc5c(c6ccccc6c6nc7ccccc7n56)c43)n2)cc1. The number of fused-ring (bicyclic) bond motifs is 12. The highest BCUT2D eigenvalue weighted by atomic mass is 15.2. The molecule has 0 radical (unpaired) electrons. The van der Waals surface area contributed by atoms with E-state index < -0.39 is 0 Å². The molecule has 10 aromatic rings. The van der Waals surface area contributed by atoms with Gasteiger partial charge in [-0.3, -0.25) is 8.97 Å². The summed E-state index contributed by atoms with van der Waals surface area (Å²) in [5.41, 5.74) is 10.1. The van der Waals surface area contributed by atoms with Gasteiger partial charge < -0.3 is 0 Å². The first-order valence-corrected chi connectivity index (χ1v) is 15.5. The molecule has 5 nitrogen and oxygen atoms in total. The molecule has 0 aliphatic carbocycles. The Balaban J connectivity index is 1.43. The Labute approximate surface area is 263 Å². The summed E-state index contributed by atoms with van der Waals surface area (Å²) >= 11 is 0. The summed E-state index contributed by atoms with van der Waals surface area (Å²) in [5, 5.41) is 5.73. The number of imidazole rings is 1. The van der Waals surface area contributed by atoms with Crippen LogP contribution in [0.2, 0.25) is 0 Å². The highest BCUT2D eigenvalue weighted by Gasteiger charge is 2.22. The van der Waals surface area contributed by atoms with Gasteiger partial charge >= 0.3 is 0 Å². The first kappa shape index (κ1) is 25.0. The first-order chi connectivity index (χ1) is 22.8. The molecule has 0 fully saturated rings. The minimum atomic E-state index is 0.638. The largest absolute Gasteiger partial charge is 0.292 e. The van der Waals surface area contributed by atoms with Crippen LogP contribution in [0, 0.1) is 0 Å². The normalized spacial score (nSPS) is 11.9. The number of pyridine rings is 1. The molecule has 0 saturated carbocycles. The fourth-order valence-electron chi connectivity index (χ4n) is 7.10. The van der Waals surface area contributed by atoms with Crippen LogP contribution < -0.4 is 0 Å². The van der Waals surface area contributed by atoms with E-state index in [1.165, 1.54) is 0 Å². The van der Waals surface area contributed by atoms with Crippen molar-refractivity contribution in [3.8, 4) is 28.5 Å². The number of aromatic nitrogens is 5. The molecule has 0 N–H and O–H groups in total. The van der Waals surface area contributed by atoms with Gasteiger partial charge in [0.25, 0.3) is 0 Å². The van der Waals surface area contributed by atoms with Crippen molar-refractivity contribution in [3.63, 3.8) is 0 Å². The van der Waals surface area contributed by atoms with Crippen molar-refractivity contribution in [1.29, 1.82) is 0 Å². The van der Waals surface area contributed by atoms with Crippen LogP contribution in [0.4, 0.5) is 0 Å². The van der Waals surface area contributed by atoms with E-state index >= 15 is 0 Å². The van der Waals surface area contributed by atoms with Crippen molar-refractivity contribution in [2.45, 2.75) is 0 Å². The molecule has 0 amide bonds. The van der Waals surface area contributed by atoms with Crippen LogP contribution in [-0.2, 0) is 0 Å². The van der Waals surface area contributed by atoms with Gasteiger partial charge in [0.15, 0.2) is 0 Å². The number of para-hydroxylation sites is 3. The maximum Gasteiger partial charge on any atom is 0.235 e. The van der Waals surface area contributed by atoms with Gasteiger partial charge in [-0.15, -0.1) is 0 Å². The molecule has 5 heteroatoms. The molecule has 6 aromatic carbocycles. The van der Waals surface area contributed by atoms with Crippen LogP contribution in [0.25, 0.3) is 88.6 Å². The zero-order valence-electron chi connectivity index (χ0n) is 24.7. The van der Waals surface area contributed by atoms with Crippen molar-refractivity contribution >= 4 is 60.2 Å². The van der Waals surface area contributed by atoms with Gasteiger partial charge in [0.05, 0.1) is 39.0 Å². The molecule has 0 unspecified atom stereocenters. The maximum atomic E-state index is 5.29. The number of benzene rings is 6. The standard InChI is InChI=1S/C41H25N5/c1-3-13-26(14-4-1)33-25-34(27-15-5-2-6-16-27)44-41(43-33)46-35-21-11-9-17-28(35)30-23-24-37-38(39(30)46)29-18-7-8-19-31(29)40-42-32-20-10-12-22-36(32)45(37)40/h1-25H. The summed E-state index contributed by atoms with van der Waals surface area (Å²) < 4.78 is 4.58. The van der Waals surface area contributed by atoms with Gasteiger partial charge in [-0.05, 0) is 35.7 Å². The molecule has 0 aliphatic rings. The van der Waals surface area contributed by atoms with Crippen molar-refractivity contribution in [2.24, 2.45) is 0 Å². The lowest BCUT2D eigenvalue weighted by Crippen LogP contribution is -2.04. The lowest BCUT2D eigenvalue weighted by Gasteiger charge is -2.14. The van der Waals surface area contributed by atoms with Crippen LogP contribution in [0.15, 0.2) is 152 Å². The van der Waals surface area contributed by atoms with E-state index in [2.05, 4.69) is 148 Å². The van der Waals surface area contributed by atoms with Crippen LogP contribution in [0.5, 0.6) is 0 Å². The molecular formula is C41H25N5. The van der Waals surface area contributed by atoms with Crippen molar-refractivity contribution < 1.29 is 0 Å². The second-order valence-corrected chi connectivity index (χ2v) is 11.7. The van der Waals surface area contributed by atoms with Gasteiger partial charge in [0.2, 0.25) is 5.95 Å². The fraction of sp³-hybridized carbons (Fsp3) is 0. The zero-order chi connectivity index (χ0) is 30.2. The summed E-state index contributed by atoms with van der Waals surface area (Å²) in [6.07, 6.45) is 0. The topological polar surface area (TPSA) is 48.0 Å². The van der Waals surface area contributed by atoms with E-state index in [1.54, 1.807) is 0 Å². The number of nitrogens with zero attached hydrogens (tertiary/aromatic N) is 5. The predicted octanol–water partition coefficient (Wildman–Crippen LogP) is 10.0. The van der Waals surface area contributed by atoms with Gasteiger partial charge in [0, 0.05) is 32.7 Å². The maximum absolute atomic E-state index is 5.29. The lowest BCUT2D eigenvalue weighted by atomic mass is 10.0. The summed E-state index contributed by atoms with van der Waals surface area (Å²) in [6, 6.07) is 52.9. The van der Waals surface area contributed by atoms with Crippen LogP contribution in [0.1, 0.15) is 0 Å². The number of hydrogen-bond acceptors (Lipinski definition) is 3. The molecule has 0 saturated heterocycles. The molecule has 0 bridgehead atoms. The Hall–Kier alpha value is -6.33. The molecule has 0 spiro atoms. The Bertz CT molecular complexity index is 2740. The lowest BCUT2D eigenvalue weighted by molar-refractivity contribution is 0.998. The Morgan fingerprint density at radius 2 is 1.00 bits per heavy atom. The number of rotatable bonds is 3. The molecule has 10 rings (SSSR count). The minimum absolute atomic E-state index is 0.638. The molecule has 46 heavy (non-hydrogen) atoms. The third-order valence-electron chi connectivity index (χ3n) is 9.11. The van der Waals surface area contributed by atoms with E-state index in [9.17, 15) is 0 Å². The first-order valence-electron chi connectivity index (χ1n) is 15.5. The molecule has 0 atom stereocenters. The Kier molecular flexibility index (Phi) is 5.22. The third kappa shape index (κ3) is 3.54. The van der Waals surface area contributed by atoms with E-state index in [0.717, 1.165) is 82.7 Å². The highest BCUT2D eigenvalue weighted by Crippen LogP contribution is 2.41. The fourth-order valence-corrected chi connectivity index (χ4v) is 7.10. The highest BCUT2D eigenvalue weighted by molar-refractivity contribution is 6.27. The Morgan fingerprint density at radius 3 is 1.72 bits per heavy atom. The molecule has 4 heterocycles. The predicted molar refractivity (Wildman–Crippen MR) is 189 cm³/mol. The van der Waals surface area contributed by atoms with E-state index in [4.69, 9.17) is 15.0 Å². The average molecular weight is 588 g/mol. The second-order valence-electron chi connectivity index (χ2n) is 11.7. The summed E-state index contributed by atoms with van der Waals surface area (Å²) in [7, 11) is 0. The van der Waals surface area contributed by atoms with Gasteiger partial charge in [0.1, 0.15) is 5.65 Å². The summed E-state index contributed by atoms with van der Waals surface area (Å²) in [6.45, 7) is 0. The van der Waals surface area contributed by atoms with Crippen molar-refractivity contribution in [2.75, 3.05) is 0 Å². The van der Waals surface area contributed by atoms with Crippen LogP contribution in [-0.4, -0.2) is 23.9 Å². The van der Waals surface area contributed by atoms with Gasteiger partial charge in [-0.1, -0.05) is 121 Å². The van der Waals surface area contributed by atoms with Gasteiger partial charge in [-0.2, -0.15) is 0 Å². The zero-order valence-corrected chi connectivity index (χ0v) is 24.7. The molecule has 0 aliphatic heterocycles. The van der Waals surface area contributed by atoms with E-state index in [0.29, 0.717) is 5.95 Å². The quantitative estimate of drug-likeness (QED) is 0.193. The van der Waals surface area contributed by atoms with E-state index in [1.807, 2.05) is 12.1 Å². The average Bonchev–Trinajstić information content (AvgIpc) is 3.69. The van der Waals surface area contributed by atoms with Crippen molar-refractivity contribution in [3.05, 3.63) is 152 Å². The third-order valence-corrected chi connectivity index (χ3v) is 9.11. The monoisotopic (exact) mass is 587 g/mol. The summed E-state index contributed by atoms with van der Waals surface area (Å²) in [4.78, 5) is 15.7. The van der Waals surface area contributed by atoms with Crippen molar-refractivity contribution in [1.82, 2.24) is 23.9 Å². The van der Waals surface area contributed by atoms with Gasteiger partial charge in [-0.25, -0.2) is 15.0 Å². The number of hydrogen-bond donors (Lipinski definition) is 0. The molecule has 214 valence electrons. The van der Waals surface area contributed by atoms with E-state index in [-0.39, 0.29) is 0 Å². The smallest absolute Gasteiger partial charge is 0.235 e. The minimum Gasteiger partial charge on any atom is -0.292 e. The molecular weight excluding hydrogens is 562 g/mol. The van der Waals surface area contributed by atoms with Crippen LogP contribution >= 0.6 is 0 Å². The summed E-state index contributed by atoms with van der Waals surface area (Å²) in [5.74, 6) is 0.638. The Morgan fingerprint density at radius 1 is 0.413 bits per heavy atom. The van der Waals surface area contributed by atoms with Crippen LogP contribution in [0.3, 0.4) is 0 Å². The molecule has 4 aromatic heterocycles. The second kappa shape index (κ2) is 9.58.